The third-order valence-electron chi connectivity index (χ3n) is 2.21. The highest BCUT2D eigenvalue weighted by Crippen LogP contribution is 2.06. The maximum atomic E-state index is 11.3. The molecule has 1 atom stereocenters. The zero-order chi connectivity index (χ0) is 11.8. The number of carbonyl (C=O) groups excluding carboxylic acids is 1. The zero-order valence-corrected chi connectivity index (χ0v) is 10.4. The molecule has 90 valence electrons. The van der Waals surface area contributed by atoms with Crippen molar-refractivity contribution in [1.29, 1.82) is 0 Å². The predicted molar refractivity (Wildman–Crippen MR) is 62.5 cm³/mol. The van der Waals surface area contributed by atoms with Crippen molar-refractivity contribution < 1.29 is 9.90 Å². The minimum absolute atomic E-state index is 0.0357. The lowest BCUT2D eigenvalue weighted by atomic mass is 10.0. The van der Waals surface area contributed by atoms with Gasteiger partial charge in [0.2, 0.25) is 5.91 Å². The van der Waals surface area contributed by atoms with E-state index < -0.39 is 6.10 Å². The molecule has 0 heterocycles. The molecular formula is C12H25NO2. The topological polar surface area (TPSA) is 49.3 Å². The van der Waals surface area contributed by atoms with Crippen LogP contribution in [0.15, 0.2) is 0 Å². The van der Waals surface area contributed by atoms with E-state index in [1.165, 1.54) is 0 Å². The summed E-state index contributed by atoms with van der Waals surface area (Å²) in [6.07, 6.45) is 1.90. The third kappa shape index (κ3) is 9.73. The monoisotopic (exact) mass is 215 g/mol. The Morgan fingerprint density at radius 2 is 1.73 bits per heavy atom. The van der Waals surface area contributed by atoms with Gasteiger partial charge in [-0.05, 0) is 24.7 Å². The van der Waals surface area contributed by atoms with E-state index in [1.54, 1.807) is 0 Å². The Balaban J connectivity index is 3.53. The molecule has 0 aliphatic rings. The number of aliphatic hydroxyl groups is 1. The van der Waals surface area contributed by atoms with Gasteiger partial charge in [-0.2, -0.15) is 0 Å². The highest BCUT2D eigenvalue weighted by atomic mass is 16.3. The van der Waals surface area contributed by atoms with Crippen LogP contribution in [0.5, 0.6) is 0 Å². The zero-order valence-electron chi connectivity index (χ0n) is 10.4. The first-order valence-electron chi connectivity index (χ1n) is 5.86. The van der Waals surface area contributed by atoms with Crippen LogP contribution in [0.3, 0.4) is 0 Å². The average Bonchev–Trinajstić information content (AvgIpc) is 2.10. The maximum Gasteiger partial charge on any atom is 0.220 e. The molecule has 0 aliphatic carbocycles. The molecule has 0 saturated heterocycles. The standard InChI is InChI=1S/C12H25NO2/c1-9(2)5-6-11(14)8-13-12(15)7-10(3)4/h9-11,14H,5-8H2,1-4H3,(H,13,15). The molecule has 0 aromatic heterocycles. The van der Waals surface area contributed by atoms with Gasteiger partial charge in [0.15, 0.2) is 0 Å². The van der Waals surface area contributed by atoms with Crippen LogP contribution in [0.4, 0.5) is 0 Å². The lowest BCUT2D eigenvalue weighted by molar-refractivity contribution is -0.122. The van der Waals surface area contributed by atoms with E-state index in [4.69, 9.17) is 0 Å². The van der Waals surface area contributed by atoms with Crippen molar-refractivity contribution in [3.63, 3.8) is 0 Å². The summed E-state index contributed by atoms with van der Waals surface area (Å²) in [5, 5.41) is 12.3. The highest BCUT2D eigenvalue weighted by Gasteiger charge is 2.08. The first-order chi connectivity index (χ1) is 6.91. The number of nitrogens with one attached hydrogen (secondary N) is 1. The van der Waals surface area contributed by atoms with Gasteiger partial charge >= 0.3 is 0 Å². The lowest BCUT2D eigenvalue weighted by Gasteiger charge is -2.13. The Bertz CT molecular complexity index is 178. The fourth-order valence-corrected chi connectivity index (χ4v) is 1.30. The number of carbonyl (C=O) groups is 1. The highest BCUT2D eigenvalue weighted by molar-refractivity contribution is 5.76. The Hall–Kier alpha value is -0.570. The average molecular weight is 215 g/mol. The Morgan fingerprint density at radius 3 is 2.20 bits per heavy atom. The Kier molecular flexibility index (Phi) is 7.39. The van der Waals surface area contributed by atoms with Gasteiger partial charge in [0.25, 0.3) is 0 Å². The Labute approximate surface area is 93.3 Å². The summed E-state index contributed by atoms with van der Waals surface area (Å²) in [6, 6.07) is 0. The van der Waals surface area contributed by atoms with Crippen molar-refractivity contribution in [2.45, 2.75) is 53.1 Å². The summed E-state index contributed by atoms with van der Waals surface area (Å²) >= 11 is 0. The SMILES string of the molecule is CC(C)CCC(O)CNC(=O)CC(C)C. The number of rotatable bonds is 7. The minimum atomic E-state index is -0.400. The van der Waals surface area contributed by atoms with Crippen molar-refractivity contribution in [2.24, 2.45) is 11.8 Å². The fourth-order valence-electron chi connectivity index (χ4n) is 1.30. The number of amides is 1. The van der Waals surface area contributed by atoms with Crippen molar-refractivity contribution in [2.75, 3.05) is 6.54 Å². The molecule has 0 spiro atoms. The van der Waals surface area contributed by atoms with Crippen LogP contribution in [0.2, 0.25) is 0 Å². The van der Waals surface area contributed by atoms with Crippen LogP contribution < -0.4 is 5.32 Å². The van der Waals surface area contributed by atoms with E-state index in [1.807, 2.05) is 13.8 Å². The van der Waals surface area contributed by atoms with Crippen LogP contribution in [0.1, 0.15) is 47.0 Å². The third-order valence-corrected chi connectivity index (χ3v) is 2.21. The second-order valence-corrected chi connectivity index (χ2v) is 5.03. The number of hydrogen-bond acceptors (Lipinski definition) is 2. The fraction of sp³-hybridized carbons (Fsp3) is 0.917. The van der Waals surface area contributed by atoms with Gasteiger partial charge in [-0.15, -0.1) is 0 Å². The molecular weight excluding hydrogens is 190 g/mol. The van der Waals surface area contributed by atoms with Gasteiger partial charge in [-0.25, -0.2) is 0 Å². The van der Waals surface area contributed by atoms with E-state index in [2.05, 4.69) is 19.2 Å². The molecule has 3 heteroatoms. The number of aliphatic hydroxyl groups excluding tert-OH is 1. The van der Waals surface area contributed by atoms with Gasteiger partial charge in [0.05, 0.1) is 6.10 Å². The first-order valence-corrected chi connectivity index (χ1v) is 5.86. The molecule has 2 N–H and O–H groups in total. The molecule has 0 aromatic carbocycles. The minimum Gasteiger partial charge on any atom is -0.391 e. The van der Waals surface area contributed by atoms with Crippen molar-refractivity contribution in [3.05, 3.63) is 0 Å². The quantitative estimate of drug-likeness (QED) is 0.682. The Morgan fingerprint density at radius 1 is 1.13 bits per heavy atom. The van der Waals surface area contributed by atoms with Crippen LogP contribution >= 0.6 is 0 Å². The summed E-state index contributed by atoms with van der Waals surface area (Å²) in [7, 11) is 0. The molecule has 0 fully saturated rings. The van der Waals surface area contributed by atoms with E-state index in [-0.39, 0.29) is 5.91 Å². The van der Waals surface area contributed by atoms with Gasteiger partial charge in [-0.3, -0.25) is 4.79 Å². The van der Waals surface area contributed by atoms with Gasteiger partial charge < -0.3 is 10.4 Å². The molecule has 0 rings (SSSR count). The molecule has 0 bridgehead atoms. The molecule has 0 saturated carbocycles. The molecule has 1 amide bonds. The molecule has 1 unspecified atom stereocenters. The van der Waals surface area contributed by atoms with Gasteiger partial charge in [0, 0.05) is 13.0 Å². The lowest BCUT2D eigenvalue weighted by Crippen LogP contribution is -2.32. The summed E-state index contributed by atoms with van der Waals surface area (Å²) in [5.74, 6) is 1.01. The summed E-state index contributed by atoms with van der Waals surface area (Å²) in [4.78, 5) is 11.3. The predicted octanol–water partition coefficient (Wildman–Crippen LogP) is 1.95. The summed E-state index contributed by atoms with van der Waals surface area (Å²) in [5.41, 5.74) is 0. The van der Waals surface area contributed by atoms with Gasteiger partial charge in [-0.1, -0.05) is 27.7 Å². The van der Waals surface area contributed by atoms with Crippen LogP contribution in [0, 0.1) is 11.8 Å². The smallest absolute Gasteiger partial charge is 0.220 e. The van der Waals surface area contributed by atoms with Gasteiger partial charge in [0.1, 0.15) is 0 Å². The first kappa shape index (κ1) is 14.4. The van der Waals surface area contributed by atoms with E-state index in [9.17, 15) is 9.90 Å². The largest absolute Gasteiger partial charge is 0.391 e. The molecule has 0 radical (unpaired) electrons. The molecule has 0 aliphatic heterocycles. The van der Waals surface area contributed by atoms with E-state index >= 15 is 0 Å². The molecule has 15 heavy (non-hydrogen) atoms. The van der Waals surface area contributed by atoms with Crippen LogP contribution in [-0.2, 0) is 4.79 Å². The van der Waals surface area contributed by atoms with Crippen molar-refractivity contribution in [3.8, 4) is 0 Å². The molecule has 0 aromatic rings. The molecule has 3 nitrogen and oxygen atoms in total. The maximum absolute atomic E-state index is 11.3. The van der Waals surface area contributed by atoms with Crippen LogP contribution in [0.25, 0.3) is 0 Å². The van der Waals surface area contributed by atoms with Crippen molar-refractivity contribution >= 4 is 5.91 Å². The second-order valence-electron chi connectivity index (χ2n) is 5.03. The normalized spacial score (nSPS) is 13.3. The second kappa shape index (κ2) is 7.69. The summed E-state index contributed by atoms with van der Waals surface area (Å²) in [6.45, 7) is 8.66. The van der Waals surface area contributed by atoms with Crippen molar-refractivity contribution in [1.82, 2.24) is 5.32 Å². The van der Waals surface area contributed by atoms with Crippen LogP contribution in [-0.4, -0.2) is 23.7 Å². The van der Waals surface area contributed by atoms with E-state index in [0.29, 0.717) is 24.8 Å². The summed E-state index contributed by atoms with van der Waals surface area (Å²) < 4.78 is 0. The number of hydrogen-bond donors (Lipinski definition) is 2. The van der Waals surface area contributed by atoms with E-state index in [0.717, 1.165) is 12.8 Å².